The van der Waals surface area contributed by atoms with Crippen molar-refractivity contribution >= 4 is 5.91 Å². The average molecular weight is 327 g/mol. The van der Waals surface area contributed by atoms with Crippen molar-refractivity contribution in [3.63, 3.8) is 0 Å². The SMILES string of the molecule is Cc1ccc(C)c(OCC(=O)NC[C@@H]2COc3ccccc3O2)c1. The molecule has 0 saturated heterocycles. The van der Waals surface area contributed by atoms with E-state index in [0.29, 0.717) is 18.9 Å². The van der Waals surface area contributed by atoms with Gasteiger partial charge >= 0.3 is 0 Å². The van der Waals surface area contributed by atoms with Crippen LogP contribution in [0.4, 0.5) is 0 Å². The van der Waals surface area contributed by atoms with Gasteiger partial charge in [0.25, 0.3) is 5.91 Å². The fourth-order valence-corrected chi connectivity index (χ4v) is 2.45. The first kappa shape index (κ1) is 16.2. The lowest BCUT2D eigenvalue weighted by Crippen LogP contribution is -2.42. The third kappa shape index (κ3) is 3.98. The number of aryl methyl sites for hydroxylation is 2. The lowest BCUT2D eigenvalue weighted by molar-refractivity contribution is -0.123. The van der Waals surface area contributed by atoms with Gasteiger partial charge in [0.15, 0.2) is 18.1 Å². The van der Waals surface area contributed by atoms with Gasteiger partial charge in [-0.3, -0.25) is 4.79 Å². The van der Waals surface area contributed by atoms with Crippen molar-refractivity contribution in [2.75, 3.05) is 19.8 Å². The van der Waals surface area contributed by atoms with Gasteiger partial charge in [-0.05, 0) is 43.2 Å². The number of carbonyl (C=O) groups excluding carboxylic acids is 1. The quantitative estimate of drug-likeness (QED) is 0.917. The first-order chi connectivity index (χ1) is 11.6. The highest BCUT2D eigenvalue weighted by Crippen LogP contribution is 2.30. The second-order valence-corrected chi connectivity index (χ2v) is 5.86. The molecule has 0 unspecified atom stereocenters. The number of ether oxygens (including phenoxy) is 3. The molecule has 5 heteroatoms. The molecule has 126 valence electrons. The fraction of sp³-hybridized carbons (Fsp3) is 0.316. The van der Waals surface area contributed by atoms with Crippen molar-refractivity contribution in [2.24, 2.45) is 0 Å². The first-order valence-electron chi connectivity index (χ1n) is 7.97. The van der Waals surface area contributed by atoms with E-state index in [-0.39, 0.29) is 18.6 Å². The number of carbonyl (C=O) groups is 1. The maximum atomic E-state index is 12.0. The minimum absolute atomic E-state index is 0.0194. The molecule has 0 aliphatic carbocycles. The largest absolute Gasteiger partial charge is 0.486 e. The van der Waals surface area contributed by atoms with Gasteiger partial charge in [0.1, 0.15) is 18.5 Å². The van der Waals surface area contributed by atoms with Gasteiger partial charge in [0.2, 0.25) is 0 Å². The van der Waals surface area contributed by atoms with Crippen molar-refractivity contribution in [1.29, 1.82) is 0 Å². The smallest absolute Gasteiger partial charge is 0.258 e. The molecule has 1 heterocycles. The predicted octanol–water partition coefficient (Wildman–Crippen LogP) is 2.64. The molecule has 3 rings (SSSR count). The number of fused-ring (bicyclic) bond motifs is 1. The standard InChI is InChI=1S/C19H21NO4/c1-13-7-8-14(2)18(9-13)23-12-19(21)20-10-15-11-22-16-5-3-4-6-17(16)24-15/h3-9,15H,10-12H2,1-2H3,(H,20,21)/t15-/m1/s1. The van der Waals surface area contributed by atoms with Crippen molar-refractivity contribution in [3.8, 4) is 17.2 Å². The summed E-state index contributed by atoms with van der Waals surface area (Å²) in [5.74, 6) is 1.99. The van der Waals surface area contributed by atoms with Gasteiger partial charge in [-0.15, -0.1) is 0 Å². The van der Waals surface area contributed by atoms with E-state index in [1.165, 1.54) is 0 Å². The van der Waals surface area contributed by atoms with Crippen LogP contribution in [-0.4, -0.2) is 31.8 Å². The molecule has 1 atom stereocenters. The van der Waals surface area contributed by atoms with E-state index < -0.39 is 0 Å². The van der Waals surface area contributed by atoms with E-state index in [1.54, 1.807) is 0 Å². The number of hydrogen-bond acceptors (Lipinski definition) is 4. The Morgan fingerprint density at radius 1 is 1.21 bits per heavy atom. The zero-order valence-electron chi connectivity index (χ0n) is 13.9. The van der Waals surface area contributed by atoms with E-state index in [1.807, 2.05) is 56.3 Å². The van der Waals surface area contributed by atoms with Crippen LogP contribution in [0.15, 0.2) is 42.5 Å². The summed E-state index contributed by atoms with van der Waals surface area (Å²) in [6.07, 6.45) is -0.204. The Morgan fingerprint density at radius 2 is 2.00 bits per heavy atom. The maximum absolute atomic E-state index is 12.0. The minimum atomic E-state index is -0.204. The van der Waals surface area contributed by atoms with E-state index in [0.717, 1.165) is 22.6 Å². The van der Waals surface area contributed by atoms with E-state index in [4.69, 9.17) is 14.2 Å². The Morgan fingerprint density at radius 3 is 2.83 bits per heavy atom. The average Bonchev–Trinajstić information content (AvgIpc) is 2.60. The summed E-state index contributed by atoms with van der Waals surface area (Å²) >= 11 is 0. The fourth-order valence-electron chi connectivity index (χ4n) is 2.45. The van der Waals surface area contributed by atoms with E-state index >= 15 is 0 Å². The zero-order valence-corrected chi connectivity index (χ0v) is 13.9. The number of amides is 1. The van der Waals surface area contributed by atoms with Crippen LogP contribution in [0.5, 0.6) is 17.2 Å². The van der Waals surface area contributed by atoms with E-state index in [9.17, 15) is 4.79 Å². The Balaban J connectivity index is 1.46. The lowest BCUT2D eigenvalue weighted by atomic mass is 10.1. The van der Waals surface area contributed by atoms with Gasteiger partial charge in [0, 0.05) is 0 Å². The molecule has 0 radical (unpaired) electrons. The molecule has 1 N–H and O–H groups in total. The number of nitrogens with one attached hydrogen (secondary N) is 1. The molecular weight excluding hydrogens is 306 g/mol. The van der Waals surface area contributed by atoms with Crippen molar-refractivity contribution in [2.45, 2.75) is 20.0 Å². The van der Waals surface area contributed by atoms with Crippen LogP contribution >= 0.6 is 0 Å². The molecule has 0 bridgehead atoms. The Kier molecular flexibility index (Phi) is 4.89. The van der Waals surface area contributed by atoms with Crippen LogP contribution in [0.1, 0.15) is 11.1 Å². The van der Waals surface area contributed by atoms with Gasteiger partial charge in [0.05, 0.1) is 6.54 Å². The molecule has 2 aromatic carbocycles. The summed E-state index contributed by atoms with van der Waals surface area (Å²) in [5, 5.41) is 2.82. The van der Waals surface area contributed by atoms with Gasteiger partial charge in [-0.2, -0.15) is 0 Å². The number of rotatable bonds is 5. The Hall–Kier alpha value is -2.69. The summed E-state index contributed by atoms with van der Waals surface area (Å²) in [4.78, 5) is 12.0. The molecular formula is C19H21NO4. The third-order valence-corrected chi connectivity index (χ3v) is 3.80. The molecule has 0 fully saturated rings. The molecule has 2 aromatic rings. The summed E-state index contributed by atoms with van der Waals surface area (Å²) in [5.41, 5.74) is 2.11. The molecule has 1 amide bonds. The van der Waals surface area contributed by atoms with Gasteiger partial charge in [-0.1, -0.05) is 24.3 Å². The molecule has 0 saturated carbocycles. The van der Waals surface area contributed by atoms with Crippen LogP contribution in [-0.2, 0) is 4.79 Å². The summed E-state index contributed by atoms with van der Waals surface area (Å²) in [7, 11) is 0. The third-order valence-electron chi connectivity index (χ3n) is 3.80. The molecule has 5 nitrogen and oxygen atoms in total. The van der Waals surface area contributed by atoms with Crippen molar-refractivity contribution < 1.29 is 19.0 Å². The normalized spacial score (nSPS) is 15.7. The predicted molar refractivity (Wildman–Crippen MR) is 90.8 cm³/mol. The first-order valence-corrected chi connectivity index (χ1v) is 7.97. The van der Waals surface area contributed by atoms with Crippen LogP contribution < -0.4 is 19.5 Å². The maximum Gasteiger partial charge on any atom is 0.258 e. The number of para-hydroxylation sites is 2. The van der Waals surface area contributed by atoms with Crippen LogP contribution in [0, 0.1) is 13.8 Å². The molecule has 24 heavy (non-hydrogen) atoms. The van der Waals surface area contributed by atoms with Crippen molar-refractivity contribution in [1.82, 2.24) is 5.32 Å². The highest BCUT2D eigenvalue weighted by Gasteiger charge is 2.21. The van der Waals surface area contributed by atoms with Crippen LogP contribution in [0.3, 0.4) is 0 Å². The number of benzene rings is 2. The Labute approximate surface area is 141 Å². The summed E-state index contributed by atoms with van der Waals surface area (Å²) < 4.78 is 17.0. The molecule has 1 aliphatic rings. The van der Waals surface area contributed by atoms with Gasteiger partial charge < -0.3 is 19.5 Å². The zero-order chi connectivity index (χ0) is 16.9. The summed E-state index contributed by atoms with van der Waals surface area (Å²) in [6.45, 7) is 4.72. The number of hydrogen-bond donors (Lipinski definition) is 1. The highest BCUT2D eigenvalue weighted by atomic mass is 16.6. The van der Waals surface area contributed by atoms with E-state index in [2.05, 4.69) is 5.32 Å². The lowest BCUT2D eigenvalue weighted by Gasteiger charge is -2.26. The summed E-state index contributed by atoms with van der Waals surface area (Å²) in [6, 6.07) is 13.4. The molecule has 0 spiro atoms. The van der Waals surface area contributed by atoms with Crippen LogP contribution in [0.25, 0.3) is 0 Å². The second kappa shape index (κ2) is 7.25. The minimum Gasteiger partial charge on any atom is -0.486 e. The van der Waals surface area contributed by atoms with Gasteiger partial charge in [-0.25, -0.2) is 0 Å². The highest BCUT2D eigenvalue weighted by molar-refractivity contribution is 5.77. The monoisotopic (exact) mass is 327 g/mol. The molecule has 0 aromatic heterocycles. The second-order valence-electron chi connectivity index (χ2n) is 5.86. The molecule has 1 aliphatic heterocycles. The Bertz CT molecular complexity index is 729. The topological polar surface area (TPSA) is 56.8 Å². The van der Waals surface area contributed by atoms with Crippen LogP contribution in [0.2, 0.25) is 0 Å². The van der Waals surface area contributed by atoms with Crippen molar-refractivity contribution in [3.05, 3.63) is 53.6 Å².